The van der Waals surface area contributed by atoms with Gasteiger partial charge in [0.2, 0.25) is 0 Å². The van der Waals surface area contributed by atoms with E-state index >= 15 is 0 Å². The largest absolute Gasteiger partial charge is 0.313 e. The van der Waals surface area contributed by atoms with Crippen molar-refractivity contribution in [3.8, 4) is 0 Å². The summed E-state index contributed by atoms with van der Waals surface area (Å²) in [5.74, 6) is 0. The topological polar surface area (TPSA) is 18.5 Å². The summed E-state index contributed by atoms with van der Waals surface area (Å²) < 4.78 is 0. The Labute approximate surface area is 107 Å². The predicted molar refractivity (Wildman–Crippen MR) is 73.4 cm³/mol. The van der Waals surface area contributed by atoms with E-state index in [1.807, 2.05) is 0 Å². The van der Waals surface area contributed by atoms with Crippen molar-refractivity contribution in [3.05, 3.63) is 0 Å². The first-order valence-electron chi connectivity index (χ1n) is 7.22. The van der Waals surface area contributed by atoms with E-state index in [4.69, 9.17) is 0 Å². The molecule has 2 fully saturated rings. The van der Waals surface area contributed by atoms with E-state index in [0.29, 0.717) is 11.5 Å². The molecule has 0 saturated carbocycles. The molecule has 1 N–H and O–H groups in total. The Morgan fingerprint density at radius 3 is 2.59 bits per heavy atom. The molecule has 0 spiro atoms. The molecule has 1 atom stereocenters. The van der Waals surface area contributed by atoms with Crippen LogP contribution in [0.1, 0.15) is 33.1 Å². The molecule has 0 aromatic carbocycles. The lowest BCUT2D eigenvalue weighted by atomic mass is 9.80. The number of nitrogens with zero attached hydrogens (tertiary/aromatic N) is 2. The lowest BCUT2D eigenvalue weighted by Crippen LogP contribution is -2.44. The van der Waals surface area contributed by atoms with Crippen molar-refractivity contribution in [2.75, 3.05) is 46.3 Å². The second-order valence-electron chi connectivity index (χ2n) is 6.53. The summed E-state index contributed by atoms with van der Waals surface area (Å²) in [6, 6.07) is 0.699. The van der Waals surface area contributed by atoms with Crippen molar-refractivity contribution in [2.45, 2.75) is 39.2 Å². The zero-order valence-corrected chi connectivity index (χ0v) is 11.8. The van der Waals surface area contributed by atoms with E-state index < -0.39 is 0 Å². The van der Waals surface area contributed by atoms with Gasteiger partial charge < -0.3 is 15.1 Å². The summed E-state index contributed by atoms with van der Waals surface area (Å²) in [5, 5.41) is 3.58. The van der Waals surface area contributed by atoms with E-state index in [-0.39, 0.29) is 0 Å². The van der Waals surface area contributed by atoms with Crippen LogP contribution in [0.3, 0.4) is 0 Å². The van der Waals surface area contributed by atoms with Gasteiger partial charge in [-0.1, -0.05) is 6.92 Å². The average molecular weight is 239 g/mol. The Morgan fingerprint density at radius 1 is 1.18 bits per heavy atom. The zero-order valence-electron chi connectivity index (χ0n) is 11.8. The van der Waals surface area contributed by atoms with Crippen molar-refractivity contribution in [1.82, 2.24) is 15.1 Å². The molecule has 17 heavy (non-hydrogen) atoms. The molecule has 2 heterocycles. The Morgan fingerprint density at radius 2 is 1.88 bits per heavy atom. The molecule has 3 heteroatoms. The average Bonchev–Trinajstić information content (AvgIpc) is 2.49. The van der Waals surface area contributed by atoms with Gasteiger partial charge in [-0.05, 0) is 58.3 Å². The maximum absolute atomic E-state index is 3.58. The fraction of sp³-hybridized carbons (Fsp3) is 1.00. The normalized spacial score (nSPS) is 32.3. The van der Waals surface area contributed by atoms with Gasteiger partial charge in [-0.3, -0.25) is 0 Å². The third-order valence-electron chi connectivity index (χ3n) is 4.60. The van der Waals surface area contributed by atoms with E-state index in [9.17, 15) is 0 Å². The first-order valence-corrected chi connectivity index (χ1v) is 7.22. The minimum Gasteiger partial charge on any atom is -0.313 e. The van der Waals surface area contributed by atoms with Crippen LogP contribution in [0.4, 0.5) is 0 Å². The second kappa shape index (κ2) is 5.68. The van der Waals surface area contributed by atoms with Crippen LogP contribution in [0.5, 0.6) is 0 Å². The molecule has 100 valence electrons. The molecule has 0 amide bonds. The third kappa shape index (κ3) is 3.94. The summed E-state index contributed by atoms with van der Waals surface area (Å²) in [7, 11) is 2.25. The molecule has 0 aliphatic carbocycles. The Hall–Kier alpha value is -0.120. The molecule has 3 nitrogen and oxygen atoms in total. The molecule has 0 aromatic heterocycles. The van der Waals surface area contributed by atoms with E-state index in [0.717, 1.165) is 6.54 Å². The fourth-order valence-electron chi connectivity index (χ4n) is 3.07. The maximum atomic E-state index is 3.58. The highest BCUT2D eigenvalue weighted by Gasteiger charge is 2.31. The summed E-state index contributed by atoms with van der Waals surface area (Å²) >= 11 is 0. The number of likely N-dealkylation sites (tertiary alicyclic amines) is 1. The number of rotatable bonds is 2. The van der Waals surface area contributed by atoms with Gasteiger partial charge in [-0.15, -0.1) is 0 Å². The monoisotopic (exact) mass is 239 g/mol. The van der Waals surface area contributed by atoms with Crippen LogP contribution >= 0.6 is 0 Å². The minimum absolute atomic E-state index is 0.556. The highest BCUT2D eigenvalue weighted by molar-refractivity contribution is 4.85. The lowest BCUT2D eigenvalue weighted by Gasteiger charge is -2.41. The molecular weight excluding hydrogens is 210 g/mol. The van der Waals surface area contributed by atoms with Gasteiger partial charge in [0.1, 0.15) is 0 Å². The van der Waals surface area contributed by atoms with Gasteiger partial charge >= 0.3 is 0 Å². The van der Waals surface area contributed by atoms with Crippen molar-refractivity contribution in [3.63, 3.8) is 0 Å². The van der Waals surface area contributed by atoms with Gasteiger partial charge in [0, 0.05) is 25.7 Å². The summed E-state index contributed by atoms with van der Waals surface area (Å²) in [5.41, 5.74) is 0.556. The number of hydrogen-bond donors (Lipinski definition) is 1. The molecule has 0 bridgehead atoms. The molecular formula is C14H29N3. The van der Waals surface area contributed by atoms with Crippen molar-refractivity contribution in [2.24, 2.45) is 5.41 Å². The maximum Gasteiger partial charge on any atom is 0.0107 e. The molecule has 2 aliphatic heterocycles. The molecule has 2 rings (SSSR count). The summed E-state index contributed by atoms with van der Waals surface area (Å²) in [6.45, 7) is 12.3. The Balaban J connectivity index is 1.82. The first-order chi connectivity index (χ1) is 8.07. The number of hydrogen-bond acceptors (Lipinski definition) is 3. The molecule has 0 aromatic rings. The SMILES string of the molecule is CC1CCN(CC2(C)CCN(C)CC2)CCN1. The van der Waals surface area contributed by atoms with Crippen molar-refractivity contribution < 1.29 is 0 Å². The van der Waals surface area contributed by atoms with Crippen LogP contribution in [0.15, 0.2) is 0 Å². The third-order valence-corrected chi connectivity index (χ3v) is 4.60. The molecule has 2 aliphatic rings. The summed E-state index contributed by atoms with van der Waals surface area (Å²) in [6.07, 6.45) is 4.03. The molecule has 2 saturated heterocycles. The fourth-order valence-corrected chi connectivity index (χ4v) is 3.07. The Bertz CT molecular complexity index is 234. The van der Waals surface area contributed by atoms with Crippen molar-refractivity contribution in [1.29, 1.82) is 0 Å². The van der Waals surface area contributed by atoms with Gasteiger partial charge in [0.25, 0.3) is 0 Å². The first kappa shape index (κ1) is 13.3. The van der Waals surface area contributed by atoms with Crippen LogP contribution in [-0.4, -0.2) is 62.2 Å². The predicted octanol–water partition coefficient (Wildman–Crippen LogP) is 1.40. The number of nitrogens with one attached hydrogen (secondary N) is 1. The zero-order chi connectivity index (χ0) is 12.3. The van der Waals surface area contributed by atoms with Crippen LogP contribution < -0.4 is 5.32 Å². The highest BCUT2D eigenvalue weighted by Crippen LogP contribution is 2.31. The smallest absolute Gasteiger partial charge is 0.0107 e. The van der Waals surface area contributed by atoms with Gasteiger partial charge in [-0.25, -0.2) is 0 Å². The quantitative estimate of drug-likeness (QED) is 0.786. The molecule has 1 unspecified atom stereocenters. The summed E-state index contributed by atoms with van der Waals surface area (Å²) in [4.78, 5) is 5.15. The van der Waals surface area contributed by atoms with Crippen LogP contribution in [0.2, 0.25) is 0 Å². The lowest BCUT2D eigenvalue weighted by molar-refractivity contribution is 0.0892. The van der Waals surface area contributed by atoms with Gasteiger partial charge in [0.05, 0.1) is 0 Å². The van der Waals surface area contributed by atoms with Gasteiger partial charge in [0.15, 0.2) is 0 Å². The van der Waals surface area contributed by atoms with Crippen LogP contribution in [0.25, 0.3) is 0 Å². The minimum atomic E-state index is 0.556. The van der Waals surface area contributed by atoms with E-state index in [2.05, 4.69) is 36.0 Å². The second-order valence-corrected chi connectivity index (χ2v) is 6.53. The van der Waals surface area contributed by atoms with Gasteiger partial charge in [-0.2, -0.15) is 0 Å². The van der Waals surface area contributed by atoms with Crippen LogP contribution in [-0.2, 0) is 0 Å². The van der Waals surface area contributed by atoms with Crippen molar-refractivity contribution >= 4 is 0 Å². The van der Waals surface area contributed by atoms with E-state index in [1.165, 1.54) is 52.0 Å². The Kier molecular flexibility index (Phi) is 4.45. The van der Waals surface area contributed by atoms with E-state index in [1.54, 1.807) is 0 Å². The molecule has 0 radical (unpaired) electrons. The standard InChI is InChI=1S/C14H29N3/c1-13-4-8-17(11-7-15-13)12-14(2)5-9-16(3)10-6-14/h13,15H,4-12H2,1-3H3. The number of piperidine rings is 1. The highest BCUT2D eigenvalue weighted by atomic mass is 15.2. The van der Waals surface area contributed by atoms with Crippen LogP contribution in [0, 0.1) is 5.41 Å².